The average molecular weight is 468 g/mol. The van der Waals surface area contributed by atoms with E-state index in [9.17, 15) is 19.5 Å². The first-order valence-electron chi connectivity index (χ1n) is 13.6. The number of rotatable bonds is 1. The quantitative estimate of drug-likeness (QED) is 0.525. The van der Waals surface area contributed by atoms with Crippen molar-refractivity contribution in [2.75, 3.05) is 0 Å². The normalized spacial score (nSPS) is 52.0. The smallest absolute Gasteiger partial charge is 0.159 e. The van der Waals surface area contributed by atoms with Crippen LogP contribution in [0.15, 0.2) is 11.6 Å². The summed E-state index contributed by atoms with van der Waals surface area (Å²) in [5, 5.41) is 12.1. The van der Waals surface area contributed by atoms with Crippen molar-refractivity contribution in [3.8, 4) is 0 Å². The van der Waals surface area contributed by atoms with E-state index >= 15 is 0 Å². The summed E-state index contributed by atoms with van der Waals surface area (Å²) in [6, 6.07) is 0. The Morgan fingerprint density at radius 3 is 2.21 bits per heavy atom. The van der Waals surface area contributed by atoms with Gasteiger partial charge in [-0.2, -0.15) is 0 Å². The Morgan fingerprint density at radius 2 is 1.56 bits per heavy atom. The molecule has 0 spiro atoms. The topological polar surface area (TPSA) is 74.3 Å². The lowest BCUT2D eigenvalue weighted by Crippen LogP contribution is -2.66. The van der Waals surface area contributed by atoms with Gasteiger partial charge in [0.2, 0.25) is 0 Å². The zero-order chi connectivity index (χ0) is 25.1. The number of hydrogen-bond donors (Lipinski definition) is 0. The van der Waals surface area contributed by atoms with E-state index < -0.39 is 11.4 Å². The molecule has 8 atom stereocenters. The highest BCUT2D eigenvalue weighted by Crippen LogP contribution is 2.74. The van der Waals surface area contributed by atoms with Gasteiger partial charge in [0.15, 0.2) is 5.78 Å². The zero-order valence-electron chi connectivity index (χ0n) is 22.3. The van der Waals surface area contributed by atoms with Crippen molar-refractivity contribution in [2.24, 2.45) is 50.2 Å². The van der Waals surface area contributed by atoms with Gasteiger partial charge in [-0.05, 0) is 90.9 Å². The minimum absolute atomic E-state index is 0.0458. The van der Waals surface area contributed by atoms with E-state index in [0.717, 1.165) is 38.5 Å². The van der Waals surface area contributed by atoms with Gasteiger partial charge in [0.25, 0.3) is 0 Å². The predicted octanol–water partition coefficient (Wildman–Crippen LogP) is 5.29. The molecule has 0 radical (unpaired) electrons. The lowest BCUT2D eigenvalue weighted by molar-refractivity contribution is -0.321. The zero-order valence-corrected chi connectivity index (χ0v) is 22.3. The SMILES string of the molecule is CC1(C(=O)[O-])CCC2(C)CCC3(C)C(=CC(=O)C4C5(C)CCC(=O)C(C)(C)C5CCC43C)C2C1. The fraction of sp³-hybridized carbons (Fsp3) is 0.833. The highest BCUT2D eigenvalue weighted by molar-refractivity contribution is 5.96. The van der Waals surface area contributed by atoms with E-state index in [1.165, 1.54) is 5.57 Å². The molecule has 0 amide bonds. The van der Waals surface area contributed by atoms with Crippen LogP contribution < -0.4 is 5.11 Å². The van der Waals surface area contributed by atoms with Crippen molar-refractivity contribution in [2.45, 2.75) is 106 Å². The van der Waals surface area contributed by atoms with Gasteiger partial charge in [-0.3, -0.25) is 9.59 Å². The number of allylic oxidation sites excluding steroid dienone is 2. The molecule has 0 aliphatic heterocycles. The fourth-order valence-electron chi connectivity index (χ4n) is 10.2. The Kier molecular flexibility index (Phi) is 4.89. The van der Waals surface area contributed by atoms with Crippen molar-refractivity contribution < 1.29 is 19.5 Å². The molecule has 8 unspecified atom stereocenters. The minimum Gasteiger partial charge on any atom is -0.550 e. The monoisotopic (exact) mass is 467 g/mol. The van der Waals surface area contributed by atoms with E-state index in [-0.39, 0.29) is 50.6 Å². The van der Waals surface area contributed by atoms with E-state index in [0.29, 0.717) is 25.0 Å². The molecule has 4 nitrogen and oxygen atoms in total. The summed E-state index contributed by atoms with van der Waals surface area (Å²) in [5.41, 5.74) is -0.424. The second-order valence-corrected chi connectivity index (χ2v) is 14.7. The van der Waals surface area contributed by atoms with Crippen LogP contribution in [0.4, 0.5) is 0 Å². The molecule has 5 rings (SSSR count). The van der Waals surface area contributed by atoms with Gasteiger partial charge in [-0.1, -0.05) is 54.0 Å². The summed E-state index contributed by atoms with van der Waals surface area (Å²) in [4.78, 5) is 39.2. The number of carbonyl (C=O) groups is 3. The van der Waals surface area contributed by atoms with Crippen LogP contribution >= 0.6 is 0 Å². The van der Waals surface area contributed by atoms with E-state index in [4.69, 9.17) is 0 Å². The molecular formula is C30H43O4-. The van der Waals surface area contributed by atoms with Gasteiger partial charge in [0, 0.05) is 29.1 Å². The summed E-state index contributed by atoms with van der Waals surface area (Å²) in [6.45, 7) is 15.4. The van der Waals surface area contributed by atoms with Crippen molar-refractivity contribution in [1.29, 1.82) is 0 Å². The van der Waals surface area contributed by atoms with E-state index in [1.54, 1.807) is 0 Å². The van der Waals surface area contributed by atoms with Crippen molar-refractivity contribution in [1.82, 2.24) is 0 Å². The van der Waals surface area contributed by atoms with Crippen molar-refractivity contribution in [3.05, 3.63) is 11.6 Å². The number of carboxylic acids is 1. The molecule has 34 heavy (non-hydrogen) atoms. The van der Waals surface area contributed by atoms with Gasteiger partial charge < -0.3 is 9.90 Å². The second kappa shape index (κ2) is 6.85. The van der Waals surface area contributed by atoms with Crippen molar-refractivity contribution in [3.63, 3.8) is 0 Å². The lowest BCUT2D eigenvalue weighted by Gasteiger charge is -2.70. The molecule has 0 saturated heterocycles. The van der Waals surface area contributed by atoms with Crippen LogP contribution in [0.1, 0.15) is 106 Å². The molecule has 0 aromatic rings. The Labute approximate surface area is 205 Å². The van der Waals surface area contributed by atoms with Gasteiger partial charge in [0.1, 0.15) is 5.78 Å². The Hall–Kier alpha value is -1.45. The molecule has 5 aliphatic carbocycles. The molecule has 0 aromatic carbocycles. The summed E-state index contributed by atoms with van der Waals surface area (Å²) < 4.78 is 0. The Balaban J connectivity index is 1.63. The minimum atomic E-state index is -0.948. The van der Waals surface area contributed by atoms with Gasteiger partial charge in [0.05, 0.1) is 0 Å². The fourth-order valence-corrected chi connectivity index (χ4v) is 10.2. The van der Waals surface area contributed by atoms with Crippen LogP contribution in [-0.2, 0) is 14.4 Å². The third-order valence-electron chi connectivity index (χ3n) is 12.8. The van der Waals surface area contributed by atoms with Crippen LogP contribution in [0.5, 0.6) is 0 Å². The number of Topliss-reactive ketones (excluding diaryl/α,β-unsaturated/α-hetero) is 1. The van der Waals surface area contributed by atoms with Crippen LogP contribution in [-0.4, -0.2) is 17.5 Å². The summed E-state index contributed by atoms with van der Waals surface area (Å²) in [6.07, 6.45) is 9.52. The third-order valence-corrected chi connectivity index (χ3v) is 12.8. The summed E-state index contributed by atoms with van der Waals surface area (Å²) >= 11 is 0. The molecule has 188 valence electrons. The van der Waals surface area contributed by atoms with Gasteiger partial charge in [-0.25, -0.2) is 0 Å². The van der Waals surface area contributed by atoms with Gasteiger partial charge in [-0.15, -0.1) is 0 Å². The first-order chi connectivity index (χ1) is 15.6. The maximum absolute atomic E-state index is 14.2. The highest BCUT2D eigenvalue weighted by Gasteiger charge is 2.70. The number of hydrogen-bond acceptors (Lipinski definition) is 4. The highest BCUT2D eigenvalue weighted by atomic mass is 16.4. The lowest BCUT2D eigenvalue weighted by atomic mass is 9.33. The number of ketones is 2. The Morgan fingerprint density at radius 1 is 0.912 bits per heavy atom. The molecule has 0 aromatic heterocycles. The second-order valence-electron chi connectivity index (χ2n) is 14.7. The molecule has 5 aliphatic rings. The number of carboxylic acid groups (broad SMARTS) is 1. The maximum atomic E-state index is 14.2. The van der Waals surface area contributed by atoms with E-state index in [2.05, 4.69) is 41.5 Å². The van der Waals surface area contributed by atoms with Crippen LogP contribution in [0.2, 0.25) is 0 Å². The molecular weight excluding hydrogens is 424 g/mol. The average Bonchev–Trinajstić information content (AvgIpc) is 2.73. The summed E-state index contributed by atoms with van der Waals surface area (Å²) in [7, 11) is 0. The predicted molar refractivity (Wildman–Crippen MR) is 129 cm³/mol. The number of aliphatic carboxylic acids is 1. The van der Waals surface area contributed by atoms with Crippen LogP contribution in [0.25, 0.3) is 0 Å². The molecule has 0 heterocycles. The van der Waals surface area contributed by atoms with Gasteiger partial charge >= 0.3 is 0 Å². The molecule has 0 bridgehead atoms. The largest absolute Gasteiger partial charge is 0.550 e. The molecule has 4 fully saturated rings. The standard InChI is InChI=1S/C30H44O4/c1-25(2)21-8-11-30(7)23(28(21,5)10-9-22(25)32)20(31)16-18-19-17-27(4,24(33)34)13-12-26(19,3)14-15-29(18,30)6/h16,19,21,23H,8-15,17H2,1-7H3,(H,33,34)/p-1. The first-order valence-corrected chi connectivity index (χ1v) is 13.6. The number of fused-ring (bicyclic) bond motifs is 7. The maximum Gasteiger partial charge on any atom is 0.159 e. The molecule has 0 N–H and O–H groups in total. The van der Waals surface area contributed by atoms with Crippen molar-refractivity contribution >= 4 is 17.5 Å². The molecule has 4 heteroatoms. The van der Waals surface area contributed by atoms with Crippen LogP contribution in [0, 0.1) is 50.2 Å². The first kappa shape index (κ1) is 24.3. The van der Waals surface area contributed by atoms with Crippen LogP contribution in [0.3, 0.4) is 0 Å². The van der Waals surface area contributed by atoms with E-state index in [1.807, 2.05) is 13.0 Å². The Bertz CT molecular complexity index is 1010. The summed E-state index contributed by atoms with van der Waals surface area (Å²) in [5.74, 6) is -0.110. The molecule has 4 saturated carbocycles. The third kappa shape index (κ3) is 2.75. The number of carbonyl (C=O) groups excluding carboxylic acids is 3.